The van der Waals surface area contributed by atoms with Crippen molar-refractivity contribution >= 4 is 34.7 Å². The highest BCUT2D eigenvalue weighted by atomic mass is 35.5. The second-order valence-corrected chi connectivity index (χ2v) is 5.18. The van der Waals surface area contributed by atoms with E-state index >= 15 is 0 Å². The van der Waals surface area contributed by atoms with Crippen LogP contribution in [0.2, 0.25) is 5.02 Å². The zero-order valence-electron chi connectivity index (χ0n) is 12.1. The molecule has 7 heteroatoms. The van der Waals surface area contributed by atoms with E-state index in [0.29, 0.717) is 22.5 Å². The van der Waals surface area contributed by atoms with Gasteiger partial charge in [0.25, 0.3) is 0 Å². The molecule has 3 rings (SSSR count). The summed E-state index contributed by atoms with van der Waals surface area (Å²) in [6.07, 6.45) is 1.47. The van der Waals surface area contributed by atoms with Crippen molar-refractivity contribution in [3.05, 3.63) is 53.0 Å². The SMILES string of the molecule is Cc1cc(Nc2cc(Nc3cccc(Cl)c3C)ncn2)no1. The molecule has 0 aliphatic rings. The first-order valence-corrected chi connectivity index (χ1v) is 7.04. The van der Waals surface area contributed by atoms with Crippen molar-refractivity contribution in [1.82, 2.24) is 15.1 Å². The van der Waals surface area contributed by atoms with Gasteiger partial charge >= 0.3 is 0 Å². The monoisotopic (exact) mass is 315 g/mol. The van der Waals surface area contributed by atoms with Crippen molar-refractivity contribution in [3.63, 3.8) is 0 Å². The quantitative estimate of drug-likeness (QED) is 0.750. The Hall–Kier alpha value is -2.60. The first kappa shape index (κ1) is 14.3. The van der Waals surface area contributed by atoms with Gasteiger partial charge in [0.05, 0.1) is 0 Å². The number of rotatable bonds is 4. The number of nitrogens with zero attached hydrogens (tertiary/aromatic N) is 3. The lowest BCUT2D eigenvalue weighted by Gasteiger charge is -2.10. The Morgan fingerprint density at radius 3 is 2.50 bits per heavy atom. The molecule has 0 saturated heterocycles. The minimum absolute atomic E-state index is 0.598. The van der Waals surface area contributed by atoms with E-state index in [9.17, 15) is 0 Å². The van der Waals surface area contributed by atoms with Crippen LogP contribution in [0, 0.1) is 13.8 Å². The van der Waals surface area contributed by atoms with Gasteiger partial charge in [0, 0.05) is 22.8 Å². The first-order valence-electron chi connectivity index (χ1n) is 6.66. The van der Waals surface area contributed by atoms with Crippen LogP contribution in [0.15, 0.2) is 41.2 Å². The zero-order chi connectivity index (χ0) is 15.5. The van der Waals surface area contributed by atoms with Crippen LogP contribution in [-0.4, -0.2) is 15.1 Å². The Balaban J connectivity index is 1.80. The molecule has 22 heavy (non-hydrogen) atoms. The van der Waals surface area contributed by atoms with E-state index in [2.05, 4.69) is 25.8 Å². The Morgan fingerprint density at radius 2 is 1.77 bits per heavy atom. The predicted octanol–water partition coefficient (Wildman–Crippen LogP) is 4.22. The van der Waals surface area contributed by atoms with Gasteiger partial charge in [0.15, 0.2) is 5.82 Å². The Bertz CT molecular complexity index is 802. The molecule has 0 aliphatic heterocycles. The van der Waals surface area contributed by atoms with Crippen molar-refractivity contribution < 1.29 is 4.52 Å². The van der Waals surface area contributed by atoms with E-state index in [4.69, 9.17) is 16.1 Å². The fourth-order valence-corrected chi connectivity index (χ4v) is 2.11. The minimum atomic E-state index is 0.598. The molecule has 0 spiro atoms. The molecule has 6 nitrogen and oxygen atoms in total. The molecule has 0 amide bonds. The summed E-state index contributed by atoms with van der Waals surface area (Å²) in [5, 5.41) is 10.9. The van der Waals surface area contributed by atoms with E-state index < -0.39 is 0 Å². The molecule has 0 aliphatic carbocycles. The highest BCUT2D eigenvalue weighted by Gasteiger charge is 2.06. The zero-order valence-corrected chi connectivity index (χ0v) is 12.8. The molecule has 2 N–H and O–H groups in total. The molecule has 1 aromatic carbocycles. The second kappa shape index (κ2) is 6.03. The van der Waals surface area contributed by atoms with E-state index in [1.807, 2.05) is 32.0 Å². The molecule has 0 radical (unpaired) electrons. The van der Waals surface area contributed by atoms with Crippen LogP contribution < -0.4 is 10.6 Å². The van der Waals surface area contributed by atoms with E-state index in [1.165, 1.54) is 6.33 Å². The van der Waals surface area contributed by atoms with E-state index in [1.54, 1.807) is 12.1 Å². The average molecular weight is 316 g/mol. The van der Waals surface area contributed by atoms with Crippen LogP contribution in [0.3, 0.4) is 0 Å². The number of hydrogen-bond donors (Lipinski definition) is 2. The number of benzene rings is 1. The van der Waals surface area contributed by atoms with Crippen molar-refractivity contribution in [2.75, 3.05) is 10.6 Å². The molecule has 2 aromatic heterocycles. The standard InChI is InChI=1S/C15H14ClN5O/c1-9-6-15(21-22-9)20-14-7-13(17-8-18-14)19-12-5-3-4-11(16)10(12)2/h3-8H,1-2H3,(H2,17,18,19,20,21). The topological polar surface area (TPSA) is 75.9 Å². The Kier molecular flexibility index (Phi) is 3.93. The third-order valence-corrected chi connectivity index (χ3v) is 3.49. The van der Waals surface area contributed by atoms with Gasteiger partial charge in [-0.05, 0) is 31.5 Å². The van der Waals surface area contributed by atoms with E-state index in [0.717, 1.165) is 17.0 Å². The summed E-state index contributed by atoms with van der Waals surface area (Å²) in [6, 6.07) is 9.25. The Morgan fingerprint density at radius 1 is 1.00 bits per heavy atom. The van der Waals surface area contributed by atoms with Crippen LogP contribution in [-0.2, 0) is 0 Å². The van der Waals surface area contributed by atoms with Gasteiger partial charge in [-0.3, -0.25) is 0 Å². The third kappa shape index (κ3) is 3.17. The van der Waals surface area contributed by atoms with Gasteiger partial charge in [-0.25, -0.2) is 9.97 Å². The van der Waals surface area contributed by atoms with Crippen LogP contribution in [0.5, 0.6) is 0 Å². The molecule has 3 aromatic rings. The smallest absolute Gasteiger partial charge is 0.175 e. The lowest BCUT2D eigenvalue weighted by atomic mass is 10.2. The lowest BCUT2D eigenvalue weighted by Crippen LogP contribution is -1.99. The third-order valence-electron chi connectivity index (χ3n) is 3.08. The molecular weight excluding hydrogens is 302 g/mol. The molecule has 0 unspecified atom stereocenters. The summed E-state index contributed by atoms with van der Waals surface area (Å²) < 4.78 is 5.01. The van der Waals surface area contributed by atoms with Gasteiger partial charge in [-0.15, -0.1) is 0 Å². The summed E-state index contributed by atoms with van der Waals surface area (Å²) in [5.74, 6) is 2.60. The van der Waals surface area contributed by atoms with Gasteiger partial charge in [-0.1, -0.05) is 22.8 Å². The highest BCUT2D eigenvalue weighted by Crippen LogP contribution is 2.26. The number of halogens is 1. The fraction of sp³-hybridized carbons (Fsp3) is 0.133. The fourth-order valence-electron chi connectivity index (χ4n) is 1.93. The number of nitrogens with one attached hydrogen (secondary N) is 2. The van der Waals surface area contributed by atoms with Crippen molar-refractivity contribution in [3.8, 4) is 0 Å². The average Bonchev–Trinajstić information content (AvgIpc) is 2.89. The minimum Gasteiger partial charge on any atom is -0.360 e. The highest BCUT2D eigenvalue weighted by molar-refractivity contribution is 6.31. The molecule has 112 valence electrons. The van der Waals surface area contributed by atoms with Crippen molar-refractivity contribution in [2.24, 2.45) is 0 Å². The maximum atomic E-state index is 6.12. The lowest BCUT2D eigenvalue weighted by molar-refractivity contribution is 0.400. The van der Waals surface area contributed by atoms with Crippen molar-refractivity contribution in [1.29, 1.82) is 0 Å². The summed E-state index contributed by atoms with van der Waals surface area (Å²) in [7, 11) is 0. The summed E-state index contributed by atoms with van der Waals surface area (Å²) in [6.45, 7) is 3.77. The molecule has 0 atom stereocenters. The maximum absolute atomic E-state index is 6.12. The maximum Gasteiger partial charge on any atom is 0.175 e. The Labute approximate surface area is 132 Å². The summed E-state index contributed by atoms with van der Waals surface area (Å²) in [4.78, 5) is 8.36. The van der Waals surface area contributed by atoms with Crippen LogP contribution in [0.4, 0.5) is 23.1 Å². The number of aryl methyl sites for hydroxylation is 1. The number of aromatic nitrogens is 3. The van der Waals surface area contributed by atoms with Crippen LogP contribution in [0.1, 0.15) is 11.3 Å². The van der Waals surface area contributed by atoms with Crippen molar-refractivity contribution in [2.45, 2.75) is 13.8 Å². The normalized spacial score (nSPS) is 10.5. The molecule has 0 fully saturated rings. The molecule has 0 saturated carbocycles. The number of anilines is 4. The summed E-state index contributed by atoms with van der Waals surface area (Å²) in [5.41, 5.74) is 1.86. The predicted molar refractivity (Wildman–Crippen MR) is 86.0 cm³/mol. The first-order chi connectivity index (χ1) is 10.6. The summed E-state index contributed by atoms with van der Waals surface area (Å²) >= 11 is 6.12. The van der Waals surface area contributed by atoms with Gasteiger partial charge in [-0.2, -0.15) is 0 Å². The second-order valence-electron chi connectivity index (χ2n) is 4.77. The van der Waals surface area contributed by atoms with Gasteiger partial charge < -0.3 is 15.2 Å². The number of hydrogen-bond acceptors (Lipinski definition) is 6. The van der Waals surface area contributed by atoms with Crippen LogP contribution in [0.25, 0.3) is 0 Å². The van der Waals surface area contributed by atoms with Gasteiger partial charge in [0.2, 0.25) is 0 Å². The molecule has 2 heterocycles. The molecule has 0 bridgehead atoms. The molecular formula is C15H14ClN5O. The van der Waals surface area contributed by atoms with E-state index in [-0.39, 0.29) is 0 Å². The van der Waals surface area contributed by atoms with Crippen LogP contribution >= 0.6 is 11.6 Å². The van der Waals surface area contributed by atoms with Gasteiger partial charge in [0.1, 0.15) is 23.7 Å². The largest absolute Gasteiger partial charge is 0.360 e.